The summed E-state index contributed by atoms with van der Waals surface area (Å²) in [6, 6.07) is 5.78. The van der Waals surface area contributed by atoms with E-state index in [2.05, 4.69) is 10.6 Å². The van der Waals surface area contributed by atoms with Crippen molar-refractivity contribution in [2.75, 3.05) is 18.4 Å². The number of nitro groups is 1. The predicted octanol–water partition coefficient (Wildman–Crippen LogP) is 1.78. The van der Waals surface area contributed by atoms with Gasteiger partial charge in [-0.1, -0.05) is 13.8 Å². The molecule has 1 aromatic carbocycles. The summed E-state index contributed by atoms with van der Waals surface area (Å²) in [7, 11) is 0. The molecule has 0 bridgehead atoms. The second-order valence-corrected chi connectivity index (χ2v) is 4.00. The first-order chi connectivity index (χ1) is 8.54. The fourth-order valence-corrected chi connectivity index (χ4v) is 1.39. The van der Waals surface area contributed by atoms with Crippen molar-refractivity contribution < 1.29 is 9.72 Å². The normalized spacial score (nSPS) is 11.9. The summed E-state index contributed by atoms with van der Waals surface area (Å²) >= 11 is 0. The van der Waals surface area contributed by atoms with Crippen molar-refractivity contribution >= 4 is 17.3 Å². The number of amides is 1. The topological polar surface area (TPSA) is 84.3 Å². The van der Waals surface area contributed by atoms with E-state index in [1.807, 2.05) is 13.8 Å². The third kappa shape index (κ3) is 4.14. The molecule has 0 aromatic heterocycles. The lowest BCUT2D eigenvalue weighted by Crippen LogP contribution is -2.30. The highest BCUT2D eigenvalue weighted by molar-refractivity contribution is 5.92. The van der Waals surface area contributed by atoms with Crippen LogP contribution in [0.25, 0.3) is 0 Å². The summed E-state index contributed by atoms with van der Waals surface area (Å²) < 4.78 is 0. The molecule has 0 aliphatic rings. The zero-order valence-electron chi connectivity index (χ0n) is 10.5. The average molecular weight is 251 g/mol. The monoisotopic (exact) mass is 251 g/mol. The number of carbonyl (C=O) groups excluding carboxylic acids is 1. The molecule has 0 aliphatic heterocycles. The lowest BCUT2D eigenvalue weighted by atomic mass is 10.1. The summed E-state index contributed by atoms with van der Waals surface area (Å²) in [4.78, 5) is 21.8. The third-order valence-corrected chi connectivity index (χ3v) is 2.49. The van der Waals surface area contributed by atoms with Crippen LogP contribution in [0.2, 0.25) is 0 Å². The zero-order valence-corrected chi connectivity index (χ0v) is 10.5. The number of rotatable bonds is 6. The van der Waals surface area contributed by atoms with Gasteiger partial charge in [0.15, 0.2) is 0 Å². The minimum atomic E-state index is -0.473. The molecule has 1 amide bonds. The number of anilines is 1. The average Bonchev–Trinajstić information content (AvgIpc) is 2.36. The molecule has 6 heteroatoms. The van der Waals surface area contributed by atoms with Crippen molar-refractivity contribution in [1.29, 1.82) is 0 Å². The van der Waals surface area contributed by atoms with Crippen LogP contribution in [-0.2, 0) is 4.79 Å². The minimum Gasteiger partial charge on any atom is -0.326 e. The molecule has 2 N–H and O–H groups in total. The first-order valence-corrected chi connectivity index (χ1v) is 5.80. The largest absolute Gasteiger partial charge is 0.326 e. The van der Waals surface area contributed by atoms with E-state index in [4.69, 9.17) is 0 Å². The number of non-ortho nitro benzene ring substituents is 1. The summed E-state index contributed by atoms with van der Waals surface area (Å²) in [6.45, 7) is 5.22. The lowest BCUT2D eigenvalue weighted by Gasteiger charge is -2.12. The predicted molar refractivity (Wildman–Crippen MR) is 69.4 cm³/mol. The van der Waals surface area contributed by atoms with Crippen LogP contribution in [0.4, 0.5) is 11.4 Å². The van der Waals surface area contributed by atoms with E-state index in [1.165, 1.54) is 24.3 Å². The van der Waals surface area contributed by atoms with Crippen molar-refractivity contribution in [2.45, 2.75) is 13.8 Å². The summed E-state index contributed by atoms with van der Waals surface area (Å²) in [5.41, 5.74) is 0.572. The molecule has 1 aromatic rings. The Kier molecular flexibility index (Phi) is 5.26. The number of hydrogen-bond donors (Lipinski definition) is 2. The number of benzene rings is 1. The van der Waals surface area contributed by atoms with Crippen LogP contribution in [-0.4, -0.2) is 23.9 Å². The second kappa shape index (κ2) is 6.70. The van der Waals surface area contributed by atoms with Gasteiger partial charge in [0.25, 0.3) is 5.69 Å². The number of nitrogens with one attached hydrogen (secondary N) is 2. The molecule has 18 heavy (non-hydrogen) atoms. The molecule has 1 unspecified atom stereocenters. The maximum Gasteiger partial charge on any atom is 0.269 e. The van der Waals surface area contributed by atoms with Gasteiger partial charge in [-0.15, -0.1) is 0 Å². The van der Waals surface area contributed by atoms with Crippen LogP contribution < -0.4 is 10.6 Å². The van der Waals surface area contributed by atoms with E-state index in [9.17, 15) is 14.9 Å². The molecule has 1 atom stereocenters. The molecule has 0 aliphatic carbocycles. The van der Waals surface area contributed by atoms with Gasteiger partial charge in [-0.25, -0.2) is 0 Å². The highest BCUT2D eigenvalue weighted by Gasteiger charge is 2.12. The van der Waals surface area contributed by atoms with Crippen molar-refractivity contribution in [3.63, 3.8) is 0 Å². The van der Waals surface area contributed by atoms with Gasteiger partial charge in [-0.2, -0.15) is 0 Å². The molecule has 0 radical (unpaired) electrons. The summed E-state index contributed by atoms with van der Waals surface area (Å²) in [5, 5.41) is 16.3. The molecular formula is C12H17N3O3. The molecule has 1 rings (SSSR count). The first-order valence-electron chi connectivity index (χ1n) is 5.80. The summed E-state index contributed by atoms with van der Waals surface area (Å²) in [6.07, 6.45) is 0. The van der Waals surface area contributed by atoms with Crippen LogP contribution in [0.15, 0.2) is 24.3 Å². The molecular weight excluding hydrogens is 234 g/mol. The van der Waals surface area contributed by atoms with Gasteiger partial charge >= 0.3 is 0 Å². The lowest BCUT2D eigenvalue weighted by molar-refractivity contribution is -0.384. The Balaban J connectivity index is 2.56. The Morgan fingerprint density at radius 3 is 2.50 bits per heavy atom. The summed E-state index contributed by atoms with van der Waals surface area (Å²) in [5.74, 6) is -0.259. The molecule has 0 saturated heterocycles. The molecule has 6 nitrogen and oxygen atoms in total. The van der Waals surface area contributed by atoms with Gasteiger partial charge in [0.2, 0.25) is 5.91 Å². The van der Waals surface area contributed by atoms with Gasteiger partial charge in [-0.05, 0) is 18.7 Å². The van der Waals surface area contributed by atoms with Crippen LogP contribution >= 0.6 is 0 Å². The first kappa shape index (κ1) is 14.1. The molecule has 0 heterocycles. The van der Waals surface area contributed by atoms with Crippen molar-refractivity contribution in [3.05, 3.63) is 34.4 Å². The van der Waals surface area contributed by atoms with Gasteiger partial charge in [0, 0.05) is 30.3 Å². The highest BCUT2D eigenvalue weighted by Crippen LogP contribution is 2.15. The second-order valence-electron chi connectivity index (χ2n) is 4.00. The fourth-order valence-electron chi connectivity index (χ4n) is 1.39. The van der Waals surface area contributed by atoms with E-state index in [1.54, 1.807) is 0 Å². The highest BCUT2D eigenvalue weighted by atomic mass is 16.6. The Labute approximate surface area is 106 Å². The van der Waals surface area contributed by atoms with Gasteiger partial charge in [0.1, 0.15) is 0 Å². The Bertz CT molecular complexity index is 417. The third-order valence-electron chi connectivity index (χ3n) is 2.49. The van der Waals surface area contributed by atoms with Gasteiger partial charge < -0.3 is 10.6 Å². The molecule has 0 fully saturated rings. The van der Waals surface area contributed by atoms with E-state index < -0.39 is 4.92 Å². The van der Waals surface area contributed by atoms with E-state index in [0.29, 0.717) is 12.2 Å². The van der Waals surface area contributed by atoms with E-state index in [0.717, 1.165) is 6.54 Å². The number of carbonyl (C=O) groups is 1. The standard InChI is InChI=1S/C12H17N3O3/c1-3-13-8-9(2)12(16)14-10-4-6-11(7-5-10)15(17)18/h4-7,9,13H,3,8H2,1-2H3,(H,14,16). The Morgan fingerprint density at radius 1 is 1.39 bits per heavy atom. The Morgan fingerprint density at radius 2 is 2.00 bits per heavy atom. The van der Waals surface area contributed by atoms with E-state index in [-0.39, 0.29) is 17.5 Å². The maximum absolute atomic E-state index is 11.8. The van der Waals surface area contributed by atoms with Crippen molar-refractivity contribution in [3.8, 4) is 0 Å². The van der Waals surface area contributed by atoms with Crippen molar-refractivity contribution in [2.24, 2.45) is 5.92 Å². The fraction of sp³-hybridized carbons (Fsp3) is 0.417. The Hall–Kier alpha value is -1.95. The zero-order chi connectivity index (χ0) is 13.5. The number of nitrogens with zero attached hydrogens (tertiary/aromatic N) is 1. The number of nitro benzene ring substituents is 1. The minimum absolute atomic E-state index is 0.00805. The maximum atomic E-state index is 11.8. The molecule has 0 saturated carbocycles. The molecule has 98 valence electrons. The van der Waals surface area contributed by atoms with Crippen LogP contribution in [0, 0.1) is 16.0 Å². The van der Waals surface area contributed by atoms with Crippen LogP contribution in [0.1, 0.15) is 13.8 Å². The number of hydrogen-bond acceptors (Lipinski definition) is 4. The van der Waals surface area contributed by atoms with Crippen molar-refractivity contribution in [1.82, 2.24) is 5.32 Å². The van der Waals surface area contributed by atoms with Crippen LogP contribution in [0.5, 0.6) is 0 Å². The van der Waals surface area contributed by atoms with E-state index >= 15 is 0 Å². The van der Waals surface area contributed by atoms with Gasteiger partial charge in [0.05, 0.1) is 4.92 Å². The van der Waals surface area contributed by atoms with Crippen LogP contribution in [0.3, 0.4) is 0 Å². The SMILES string of the molecule is CCNCC(C)C(=O)Nc1ccc([N+](=O)[O-])cc1. The molecule has 0 spiro atoms. The van der Waals surface area contributed by atoms with Gasteiger partial charge in [-0.3, -0.25) is 14.9 Å². The smallest absolute Gasteiger partial charge is 0.269 e. The quantitative estimate of drug-likeness (QED) is 0.596.